The summed E-state index contributed by atoms with van der Waals surface area (Å²) in [7, 11) is 1.42. The Kier molecular flexibility index (Phi) is 7.47. The number of nitrogens with one attached hydrogen (secondary N) is 2. The van der Waals surface area contributed by atoms with Gasteiger partial charge in [0.15, 0.2) is 5.82 Å². The van der Waals surface area contributed by atoms with Gasteiger partial charge in [0.25, 0.3) is 5.91 Å². The predicted molar refractivity (Wildman–Crippen MR) is 146 cm³/mol. The van der Waals surface area contributed by atoms with Crippen molar-refractivity contribution in [2.75, 3.05) is 37.0 Å². The number of carbonyl (C=O) groups excluding carboxylic acids is 1. The minimum absolute atomic E-state index is 0.00216. The molecule has 0 spiro atoms. The molecule has 1 aliphatic heterocycles. The van der Waals surface area contributed by atoms with Crippen LogP contribution in [0.25, 0.3) is 22.5 Å². The number of hydrogen-bond acceptors (Lipinski definition) is 7. The number of aromatic nitrogens is 3. The minimum atomic E-state index is -0.580. The van der Waals surface area contributed by atoms with Crippen molar-refractivity contribution in [3.63, 3.8) is 0 Å². The van der Waals surface area contributed by atoms with E-state index >= 15 is 4.39 Å². The SMILES string of the molecule is COc1cccc(F)c1-c1nccc(C(=O)Nc2cc(F)c(-c3cccnc3C)cc2N2CCN[C@@H](C)C2)n1. The molecule has 0 saturated carbocycles. The molecular formula is C29H28F2N6O2. The van der Waals surface area contributed by atoms with Crippen LogP contribution in [0.5, 0.6) is 5.75 Å². The van der Waals surface area contributed by atoms with E-state index < -0.39 is 17.5 Å². The minimum Gasteiger partial charge on any atom is -0.496 e. The second kappa shape index (κ2) is 11.1. The summed E-state index contributed by atoms with van der Waals surface area (Å²) in [5.41, 5.74) is 2.81. The lowest BCUT2D eigenvalue weighted by Crippen LogP contribution is -2.49. The topological polar surface area (TPSA) is 92.3 Å². The summed E-state index contributed by atoms with van der Waals surface area (Å²) in [5, 5.41) is 6.22. The van der Waals surface area contributed by atoms with Crippen LogP contribution in [0.4, 0.5) is 20.2 Å². The lowest BCUT2D eigenvalue weighted by atomic mass is 10.0. The van der Waals surface area contributed by atoms with Crippen molar-refractivity contribution in [1.29, 1.82) is 0 Å². The first kappa shape index (κ1) is 26.2. The second-order valence-corrected chi connectivity index (χ2v) is 9.32. The van der Waals surface area contributed by atoms with Crippen LogP contribution in [0.15, 0.2) is 60.9 Å². The number of aryl methyl sites for hydroxylation is 1. The number of methoxy groups -OCH3 is 1. The highest BCUT2D eigenvalue weighted by Gasteiger charge is 2.24. The summed E-state index contributed by atoms with van der Waals surface area (Å²) in [4.78, 5) is 28.2. The van der Waals surface area contributed by atoms with E-state index in [-0.39, 0.29) is 28.9 Å². The number of benzene rings is 2. The molecule has 5 rings (SSSR count). The maximum absolute atomic E-state index is 15.5. The number of pyridine rings is 1. The summed E-state index contributed by atoms with van der Waals surface area (Å²) in [6, 6.07) is 12.7. The Labute approximate surface area is 225 Å². The molecule has 8 nitrogen and oxygen atoms in total. The number of amides is 1. The number of ether oxygens (including phenoxy) is 1. The lowest BCUT2D eigenvalue weighted by molar-refractivity contribution is 0.102. The number of nitrogens with zero attached hydrogens (tertiary/aromatic N) is 4. The molecule has 2 aromatic heterocycles. The van der Waals surface area contributed by atoms with Crippen molar-refractivity contribution in [3.8, 4) is 28.3 Å². The zero-order valence-corrected chi connectivity index (χ0v) is 21.8. The van der Waals surface area contributed by atoms with Crippen molar-refractivity contribution in [2.45, 2.75) is 19.9 Å². The van der Waals surface area contributed by atoms with Crippen LogP contribution in [0.3, 0.4) is 0 Å². The Hall–Kier alpha value is -4.44. The van der Waals surface area contributed by atoms with Crippen LogP contribution in [0.1, 0.15) is 23.1 Å². The van der Waals surface area contributed by atoms with Crippen LogP contribution < -0.4 is 20.3 Å². The summed E-state index contributed by atoms with van der Waals surface area (Å²) >= 11 is 0. The maximum atomic E-state index is 15.5. The van der Waals surface area contributed by atoms with Gasteiger partial charge < -0.3 is 20.3 Å². The zero-order chi connectivity index (χ0) is 27.5. The molecule has 0 aliphatic carbocycles. The van der Waals surface area contributed by atoms with Crippen molar-refractivity contribution >= 4 is 17.3 Å². The van der Waals surface area contributed by atoms with E-state index in [1.165, 1.54) is 37.6 Å². The van der Waals surface area contributed by atoms with Crippen LogP contribution in [-0.4, -0.2) is 53.6 Å². The summed E-state index contributed by atoms with van der Waals surface area (Å²) < 4.78 is 35.4. The second-order valence-electron chi connectivity index (χ2n) is 9.32. The first-order valence-corrected chi connectivity index (χ1v) is 12.6. The Morgan fingerprint density at radius 2 is 1.92 bits per heavy atom. The molecule has 0 bridgehead atoms. The van der Waals surface area contributed by atoms with Gasteiger partial charge in [0, 0.05) is 61.0 Å². The highest BCUT2D eigenvalue weighted by molar-refractivity contribution is 6.05. The fourth-order valence-electron chi connectivity index (χ4n) is 4.73. The molecule has 1 atom stereocenters. The van der Waals surface area contributed by atoms with E-state index in [0.29, 0.717) is 41.3 Å². The quantitative estimate of drug-likeness (QED) is 0.368. The van der Waals surface area contributed by atoms with Crippen molar-refractivity contribution < 1.29 is 18.3 Å². The van der Waals surface area contributed by atoms with Gasteiger partial charge in [-0.3, -0.25) is 9.78 Å². The molecule has 0 unspecified atom stereocenters. The summed E-state index contributed by atoms with van der Waals surface area (Å²) in [6.45, 7) is 5.99. The molecule has 0 radical (unpaired) electrons. The molecule has 1 aliphatic rings. The first-order valence-electron chi connectivity index (χ1n) is 12.6. The number of anilines is 2. The van der Waals surface area contributed by atoms with Gasteiger partial charge in [0.05, 0.1) is 24.0 Å². The Bertz CT molecular complexity index is 1530. The third kappa shape index (κ3) is 5.42. The van der Waals surface area contributed by atoms with E-state index in [4.69, 9.17) is 4.74 Å². The van der Waals surface area contributed by atoms with Crippen molar-refractivity contribution in [2.24, 2.45) is 0 Å². The van der Waals surface area contributed by atoms with Gasteiger partial charge in [-0.05, 0) is 44.2 Å². The number of carbonyl (C=O) groups is 1. The molecule has 2 N–H and O–H groups in total. The highest BCUT2D eigenvalue weighted by Crippen LogP contribution is 2.36. The Morgan fingerprint density at radius 3 is 2.69 bits per heavy atom. The van der Waals surface area contributed by atoms with Gasteiger partial charge in [-0.15, -0.1) is 0 Å². The van der Waals surface area contributed by atoms with Gasteiger partial charge in [-0.25, -0.2) is 18.7 Å². The molecule has 3 heterocycles. The molecule has 1 amide bonds. The average Bonchev–Trinajstić information content (AvgIpc) is 2.93. The van der Waals surface area contributed by atoms with E-state index in [9.17, 15) is 9.18 Å². The van der Waals surface area contributed by atoms with Gasteiger partial charge in [-0.2, -0.15) is 0 Å². The molecule has 2 aromatic carbocycles. The van der Waals surface area contributed by atoms with E-state index in [1.54, 1.807) is 24.4 Å². The molecule has 200 valence electrons. The first-order chi connectivity index (χ1) is 18.9. The number of piperazine rings is 1. The van der Waals surface area contributed by atoms with Crippen molar-refractivity contribution in [1.82, 2.24) is 20.3 Å². The van der Waals surface area contributed by atoms with Crippen LogP contribution >= 0.6 is 0 Å². The third-order valence-electron chi connectivity index (χ3n) is 6.65. The Balaban J connectivity index is 1.53. The molecule has 10 heteroatoms. The molecule has 4 aromatic rings. The van der Waals surface area contributed by atoms with Gasteiger partial charge in [0.1, 0.15) is 23.1 Å². The predicted octanol–water partition coefficient (Wildman–Crippen LogP) is 4.85. The summed E-state index contributed by atoms with van der Waals surface area (Å²) in [5.74, 6) is -1.41. The van der Waals surface area contributed by atoms with Crippen LogP contribution in [-0.2, 0) is 0 Å². The Morgan fingerprint density at radius 1 is 1.08 bits per heavy atom. The standard InChI is InChI=1S/C29H28F2N6O2/c1-17-16-37(13-12-32-17)25-14-20(19-6-5-10-33-18(19)2)22(31)15-24(25)36-29(38)23-9-11-34-28(35-23)27-21(30)7-4-8-26(27)39-3/h4-11,14-15,17,32H,12-13,16H2,1-3H3,(H,36,38)/t17-/m0/s1. The highest BCUT2D eigenvalue weighted by atomic mass is 19.1. The summed E-state index contributed by atoms with van der Waals surface area (Å²) in [6.07, 6.45) is 3.04. The van der Waals surface area contributed by atoms with Crippen LogP contribution in [0.2, 0.25) is 0 Å². The normalized spacial score (nSPS) is 15.2. The lowest BCUT2D eigenvalue weighted by Gasteiger charge is -2.35. The van der Waals surface area contributed by atoms with E-state index in [2.05, 4.69) is 37.4 Å². The van der Waals surface area contributed by atoms with Gasteiger partial charge >= 0.3 is 0 Å². The smallest absolute Gasteiger partial charge is 0.274 e. The van der Waals surface area contributed by atoms with E-state index in [1.807, 2.05) is 13.0 Å². The maximum Gasteiger partial charge on any atom is 0.274 e. The van der Waals surface area contributed by atoms with Crippen LogP contribution in [0, 0.1) is 18.6 Å². The molecule has 39 heavy (non-hydrogen) atoms. The fourth-order valence-corrected chi connectivity index (χ4v) is 4.73. The monoisotopic (exact) mass is 530 g/mol. The number of halogens is 2. The molecule has 1 saturated heterocycles. The number of rotatable bonds is 6. The fraction of sp³-hybridized carbons (Fsp3) is 0.241. The zero-order valence-electron chi connectivity index (χ0n) is 21.8. The third-order valence-corrected chi connectivity index (χ3v) is 6.65. The van der Waals surface area contributed by atoms with E-state index in [0.717, 1.165) is 6.54 Å². The average molecular weight is 531 g/mol. The number of hydrogen-bond donors (Lipinski definition) is 2. The molecule has 1 fully saturated rings. The van der Waals surface area contributed by atoms with Gasteiger partial charge in [-0.1, -0.05) is 12.1 Å². The largest absolute Gasteiger partial charge is 0.496 e. The molecular weight excluding hydrogens is 502 g/mol. The van der Waals surface area contributed by atoms with Crippen molar-refractivity contribution in [3.05, 3.63) is 83.9 Å². The van der Waals surface area contributed by atoms with Gasteiger partial charge in [0.2, 0.25) is 0 Å².